The highest BCUT2D eigenvalue weighted by Crippen LogP contribution is 2.29. The van der Waals surface area contributed by atoms with Crippen LogP contribution in [0.3, 0.4) is 0 Å². The third kappa shape index (κ3) is 3.98. The van der Waals surface area contributed by atoms with Gasteiger partial charge in [-0.3, -0.25) is 4.68 Å². The summed E-state index contributed by atoms with van der Waals surface area (Å²) in [6, 6.07) is 8.15. The number of aromatic nitrogens is 2. The van der Waals surface area contributed by atoms with E-state index in [1.807, 2.05) is 42.2 Å². The Morgan fingerprint density at radius 3 is 2.67 bits per heavy atom. The lowest BCUT2D eigenvalue weighted by atomic mass is 10.1. The summed E-state index contributed by atoms with van der Waals surface area (Å²) in [5, 5.41) is 7.87. The molecule has 2 rings (SSSR count). The summed E-state index contributed by atoms with van der Waals surface area (Å²) in [5.41, 5.74) is 2.22. The first-order valence-corrected chi connectivity index (χ1v) is 7.08. The standard InChI is InChI=1S/C16H23N3O2/c1-12(17-9-7-13-8-10-19(2)18-13)15-6-5-14(20-3)11-16(15)21-4/h5-6,8,10-12,17H,7,9H2,1-4H3. The first-order chi connectivity index (χ1) is 10.1. The molecule has 1 N–H and O–H groups in total. The molecule has 0 radical (unpaired) electrons. The van der Waals surface area contributed by atoms with Gasteiger partial charge in [-0.1, -0.05) is 6.07 Å². The van der Waals surface area contributed by atoms with Gasteiger partial charge in [0.05, 0.1) is 19.9 Å². The number of benzene rings is 1. The van der Waals surface area contributed by atoms with E-state index in [1.165, 1.54) is 0 Å². The summed E-state index contributed by atoms with van der Waals surface area (Å²) < 4.78 is 12.5. The van der Waals surface area contributed by atoms with Crippen LogP contribution in [0.15, 0.2) is 30.5 Å². The molecule has 21 heavy (non-hydrogen) atoms. The third-order valence-electron chi connectivity index (χ3n) is 3.51. The summed E-state index contributed by atoms with van der Waals surface area (Å²) >= 11 is 0. The minimum atomic E-state index is 0.203. The lowest BCUT2D eigenvalue weighted by Gasteiger charge is -2.17. The second kappa shape index (κ2) is 7.13. The molecule has 2 aromatic rings. The summed E-state index contributed by atoms with van der Waals surface area (Å²) in [5.74, 6) is 1.64. The Kier molecular flexibility index (Phi) is 5.22. The first kappa shape index (κ1) is 15.4. The van der Waals surface area contributed by atoms with E-state index in [1.54, 1.807) is 14.2 Å². The van der Waals surface area contributed by atoms with E-state index in [2.05, 4.69) is 17.3 Å². The molecule has 0 bridgehead atoms. The Balaban J connectivity index is 1.94. The first-order valence-electron chi connectivity index (χ1n) is 7.08. The van der Waals surface area contributed by atoms with Crippen molar-refractivity contribution >= 4 is 0 Å². The third-order valence-corrected chi connectivity index (χ3v) is 3.51. The van der Waals surface area contributed by atoms with Gasteiger partial charge >= 0.3 is 0 Å². The lowest BCUT2D eigenvalue weighted by molar-refractivity contribution is 0.386. The molecule has 0 fully saturated rings. The molecule has 114 valence electrons. The second-order valence-corrected chi connectivity index (χ2v) is 5.01. The highest BCUT2D eigenvalue weighted by Gasteiger charge is 2.12. The van der Waals surface area contributed by atoms with E-state index >= 15 is 0 Å². The number of nitrogens with zero attached hydrogens (tertiary/aromatic N) is 2. The van der Waals surface area contributed by atoms with Crippen molar-refractivity contribution in [2.45, 2.75) is 19.4 Å². The molecule has 1 aromatic carbocycles. The fourth-order valence-corrected chi connectivity index (χ4v) is 2.30. The predicted octanol–water partition coefficient (Wildman–Crippen LogP) is 2.33. The van der Waals surface area contributed by atoms with Crippen LogP contribution in [0.5, 0.6) is 11.5 Å². The minimum Gasteiger partial charge on any atom is -0.497 e. The molecule has 1 aromatic heterocycles. The monoisotopic (exact) mass is 289 g/mol. The van der Waals surface area contributed by atoms with Crippen molar-refractivity contribution in [3.8, 4) is 11.5 Å². The summed E-state index contributed by atoms with van der Waals surface area (Å²) in [4.78, 5) is 0. The quantitative estimate of drug-likeness (QED) is 0.850. The molecule has 0 saturated heterocycles. The maximum absolute atomic E-state index is 5.44. The van der Waals surface area contributed by atoms with Crippen LogP contribution >= 0.6 is 0 Å². The molecule has 0 spiro atoms. The van der Waals surface area contributed by atoms with Crippen molar-refractivity contribution in [2.24, 2.45) is 7.05 Å². The van der Waals surface area contributed by atoms with Crippen molar-refractivity contribution in [1.82, 2.24) is 15.1 Å². The van der Waals surface area contributed by atoms with Gasteiger partial charge in [-0.05, 0) is 19.1 Å². The topological polar surface area (TPSA) is 48.3 Å². The van der Waals surface area contributed by atoms with Crippen molar-refractivity contribution in [3.05, 3.63) is 41.7 Å². The van der Waals surface area contributed by atoms with E-state index in [0.717, 1.165) is 35.7 Å². The van der Waals surface area contributed by atoms with Crippen LogP contribution in [0.25, 0.3) is 0 Å². The number of aryl methyl sites for hydroxylation is 1. The summed E-state index contributed by atoms with van der Waals surface area (Å²) in [7, 11) is 5.27. The van der Waals surface area contributed by atoms with Crippen LogP contribution in [0.1, 0.15) is 24.2 Å². The van der Waals surface area contributed by atoms with E-state index < -0.39 is 0 Å². The van der Waals surface area contributed by atoms with E-state index in [0.29, 0.717) is 0 Å². The zero-order chi connectivity index (χ0) is 15.2. The fraction of sp³-hybridized carbons (Fsp3) is 0.438. The van der Waals surface area contributed by atoms with Crippen molar-refractivity contribution < 1.29 is 9.47 Å². The zero-order valence-electron chi connectivity index (χ0n) is 13.1. The molecule has 1 heterocycles. The van der Waals surface area contributed by atoms with Crippen LogP contribution in [-0.2, 0) is 13.5 Å². The van der Waals surface area contributed by atoms with Gasteiger partial charge in [-0.25, -0.2) is 0 Å². The molecule has 5 heteroatoms. The molecule has 0 saturated carbocycles. The molecule has 0 aliphatic heterocycles. The molecule has 5 nitrogen and oxygen atoms in total. The Morgan fingerprint density at radius 1 is 1.24 bits per heavy atom. The fourth-order valence-electron chi connectivity index (χ4n) is 2.30. The largest absolute Gasteiger partial charge is 0.497 e. The average molecular weight is 289 g/mol. The minimum absolute atomic E-state index is 0.203. The second-order valence-electron chi connectivity index (χ2n) is 5.01. The van der Waals surface area contributed by atoms with Crippen LogP contribution < -0.4 is 14.8 Å². The van der Waals surface area contributed by atoms with Crippen LogP contribution in [0, 0.1) is 0 Å². The van der Waals surface area contributed by atoms with Crippen LogP contribution in [0.2, 0.25) is 0 Å². The Bertz CT molecular complexity index is 581. The van der Waals surface area contributed by atoms with Gasteiger partial charge in [-0.15, -0.1) is 0 Å². The van der Waals surface area contributed by atoms with Crippen molar-refractivity contribution in [3.63, 3.8) is 0 Å². The number of ether oxygens (including phenoxy) is 2. The van der Waals surface area contributed by atoms with Crippen LogP contribution in [-0.4, -0.2) is 30.5 Å². The highest BCUT2D eigenvalue weighted by atomic mass is 16.5. The summed E-state index contributed by atoms with van der Waals surface area (Å²) in [6.07, 6.45) is 2.87. The molecule has 0 amide bonds. The normalized spacial score (nSPS) is 12.2. The van der Waals surface area contributed by atoms with E-state index in [9.17, 15) is 0 Å². The van der Waals surface area contributed by atoms with Gasteiger partial charge in [-0.2, -0.15) is 5.10 Å². The van der Waals surface area contributed by atoms with Gasteiger partial charge in [0.2, 0.25) is 0 Å². The van der Waals surface area contributed by atoms with Gasteiger partial charge < -0.3 is 14.8 Å². The number of hydrogen-bond acceptors (Lipinski definition) is 4. The van der Waals surface area contributed by atoms with Gasteiger partial charge in [0.15, 0.2) is 0 Å². The molecule has 0 aliphatic rings. The lowest BCUT2D eigenvalue weighted by Crippen LogP contribution is -2.22. The average Bonchev–Trinajstić information content (AvgIpc) is 2.91. The molecular weight excluding hydrogens is 266 g/mol. The van der Waals surface area contributed by atoms with Gasteiger partial charge in [0, 0.05) is 43.9 Å². The Labute approximate surface area is 125 Å². The Morgan fingerprint density at radius 2 is 2.05 bits per heavy atom. The highest BCUT2D eigenvalue weighted by molar-refractivity contribution is 5.42. The number of rotatable bonds is 7. The van der Waals surface area contributed by atoms with Gasteiger partial charge in [0.1, 0.15) is 11.5 Å². The van der Waals surface area contributed by atoms with Crippen LogP contribution in [0.4, 0.5) is 0 Å². The molecule has 1 atom stereocenters. The Hall–Kier alpha value is -2.01. The summed E-state index contributed by atoms with van der Waals surface area (Å²) in [6.45, 7) is 3.00. The smallest absolute Gasteiger partial charge is 0.127 e. The van der Waals surface area contributed by atoms with E-state index in [-0.39, 0.29) is 6.04 Å². The number of hydrogen-bond donors (Lipinski definition) is 1. The molecular formula is C16H23N3O2. The number of nitrogens with one attached hydrogen (secondary N) is 1. The molecule has 0 aliphatic carbocycles. The zero-order valence-corrected chi connectivity index (χ0v) is 13.1. The van der Waals surface area contributed by atoms with E-state index in [4.69, 9.17) is 9.47 Å². The number of methoxy groups -OCH3 is 2. The SMILES string of the molecule is COc1ccc(C(C)NCCc2ccn(C)n2)c(OC)c1. The van der Waals surface area contributed by atoms with Crippen molar-refractivity contribution in [1.29, 1.82) is 0 Å². The maximum Gasteiger partial charge on any atom is 0.127 e. The van der Waals surface area contributed by atoms with Crippen molar-refractivity contribution in [2.75, 3.05) is 20.8 Å². The van der Waals surface area contributed by atoms with Gasteiger partial charge in [0.25, 0.3) is 0 Å². The maximum atomic E-state index is 5.44. The predicted molar refractivity (Wildman–Crippen MR) is 82.9 cm³/mol. The molecule has 1 unspecified atom stereocenters.